The van der Waals surface area contributed by atoms with E-state index in [4.69, 9.17) is 0 Å². The molecular formula is C22H21FN2OS. The average Bonchev–Trinajstić information content (AvgIpc) is 3.18. The summed E-state index contributed by atoms with van der Waals surface area (Å²) in [6, 6.07) is 14.1. The summed E-state index contributed by atoms with van der Waals surface area (Å²) in [6.45, 7) is 0. The fourth-order valence-corrected chi connectivity index (χ4v) is 4.31. The molecule has 1 N–H and O–H groups in total. The summed E-state index contributed by atoms with van der Waals surface area (Å²) in [6.07, 6.45) is 6.59. The van der Waals surface area contributed by atoms with Gasteiger partial charge in [0.05, 0.1) is 5.69 Å². The average molecular weight is 380 g/mol. The standard InChI is InChI=1S/C22H21FN2OS/c23-19-12-10-18(11-13-19)21(26)25-22-24-20(14-27-22)17-8-6-16(7-9-17)15-4-2-1-3-5-15/h6-15H,1-5H2,(H,24,25,26). The Morgan fingerprint density at radius 1 is 1.00 bits per heavy atom. The number of amides is 1. The van der Waals surface area contributed by atoms with Crippen LogP contribution in [0.15, 0.2) is 53.9 Å². The maximum absolute atomic E-state index is 13.0. The topological polar surface area (TPSA) is 42.0 Å². The van der Waals surface area contributed by atoms with Gasteiger partial charge in [0.1, 0.15) is 5.82 Å². The number of nitrogens with zero attached hydrogens (tertiary/aromatic N) is 1. The second-order valence-corrected chi connectivity index (χ2v) is 7.81. The first-order valence-electron chi connectivity index (χ1n) is 9.32. The van der Waals surface area contributed by atoms with Crippen LogP contribution in [0, 0.1) is 5.82 Å². The molecule has 5 heteroatoms. The zero-order valence-corrected chi connectivity index (χ0v) is 15.8. The summed E-state index contributed by atoms with van der Waals surface area (Å²) in [5.74, 6) is 0.0390. The molecule has 0 radical (unpaired) electrons. The molecule has 0 aliphatic heterocycles. The smallest absolute Gasteiger partial charge is 0.257 e. The lowest BCUT2D eigenvalue weighted by molar-refractivity contribution is 0.102. The summed E-state index contributed by atoms with van der Waals surface area (Å²) in [7, 11) is 0. The molecule has 1 saturated carbocycles. The summed E-state index contributed by atoms with van der Waals surface area (Å²) in [5, 5.41) is 5.25. The highest BCUT2D eigenvalue weighted by molar-refractivity contribution is 7.14. The number of halogens is 1. The van der Waals surface area contributed by atoms with Gasteiger partial charge < -0.3 is 0 Å². The highest BCUT2D eigenvalue weighted by Crippen LogP contribution is 2.34. The Bertz CT molecular complexity index is 912. The van der Waals surface area contributed by atoms with Crippen molar-refractivity contribution in [1.29, 1.82) is 0 Å². The van der Waals surface area contributed by atoms with Crippen molar-refractivity contribution in [2.45, 2.75) is 38.0 Å². The van der Waals surface area contributed by atoms with E-state index in [1.54, 1.807) is 0 Å². The second-order valence-electron chi connectivity index (χ2n) is 6.96. The van der Waals surface area contributed by atoms with Crippen molar-refractivity contribution in [2.24, 2.45) is 0 Å². The Kier molecular flexibility index (Phi) is 5.30. The van der Waals surface area contributed by atoms with Crippen molar-refractivity contribution < 1.29 is 9.18 Å². The van der Waals surface area contributed by atoms with Crippen molar-refractivity contribution in [1.82, 2.24) is 4.98 Å². The number of hydrogen-bond donors (Lipinski definition) is 1. The minimum absolute atomic E-state index is 0.288. The van der Waals surface area contributed by atoms with Crippen molar-refractivity contribution >= 4 is 22.4 Å². The molecule has 1 aromatic heterocycles. The largest absolute Gasteiger partial charge is 0.298 e. The first-order valence-corrected chi connectivity index (χ1v) is 10.2. The molecule has 4 rings (SSSR count). The zero-order valence-electron chi connectivity index (χ0n) is 15.0. The van der Waals surface area contributed by atoms with Crippen LogP contribution in [0.3, 0.4) is 0 Å². The lowest BCUT2D eigenvalue weighted by Crippen LogP contribution is -2.11. The quantitative estimate of drug-likeness (QED) is 0.581. The van der Waals surface area contributed by atoms with Gasteiger partial charge in [-0.25, -0.2) is 9.37 Å². The van der Waals surface area contributed by atoms with Gasteiger partial charge in [0, 0.05) is 16.5 Å². The number of rotatable bonds is 4. The number of carbonyl (C=O) groups excluding carboxylic acids is 1. The number of anilines is 1. The fraction of sp³-hybridized carbons (Fsp3) is 0.273. The number of hydrogen-bond acceptors (Lipinski definition) is 3. The number of thiazole rings is 1. The van der Waals surface area contributed by atoms with E-state index in [1.165, 1.54) is 73.3 Å². The third-order valence-electron chi connectivity index (χ3n) is 5.11. The molecule has 0 bridgehead atoms. The molecule has 1 fully saturated rings. The van der Waals surface area contributed by atoms with Crippen LogP contribution < -0.4 is 5.32 Å². The number of benzene rings is 2. The van der Waals surface area contributed by atoms with Gasteiger partial charge in [-0.05, 0) is 48.6 Å². The van der Waals surface area contributed by atoms with Gasteiger partial charge in [-0.3, -0.25) is 10.1 Å². The van der Waals surface area contributed by atoms with E-state index in [9.17, 15) is 9.18 Å². The Labute approximate surface area is 162 Å². The van der Waals surface area contributed by atoms with Crippen molar-refractivity contribution in [3.8, 4) is 11.3 Å². The monoisotopic (exact) mass is 380 g/mol. The number of carbonyl (C=O) groups is 1. The van der Waals surface area contributed by atoms with Gasteiger partial charge in [0.15, 0.2) is 5.13 Å². The minimum atomic E-state index is -0.361. The molecule has 27 heavy (non-hydrogen) atoms. The fourth-order valence-electron chi connectivity index (χ4n) is 3.60. The molecule has 0 saturated heterocycles. The molecule has 138 valence electrons. The predicted molar refractivity (Wildman–Crippen MR) is 108 cm³/mol. The molecule has 1 heterocycles. The third kappa shape index (κ3) is 4.25. The zero-order chi connectivity index (χ0) is 18.6. The number of nitrogens with one attached hydrogen (secondary N) is 1. The van der Waals surface area contributed by atoms with Gasteiger partial charge >= 0.3 is 0 Å². The lowest BCUT2D eigenvalue weighted by atomic mass is 9.84. The van der Waals surface area contributed by atoms with Gasteiger partial charge in [0.25, 0.3) is 5.91 Å². The SMILES string of the molecule is O=C(Nc1nc(-c2ccc(C3CCCCC3)cc2)cs1)c1ccc(F)cc1. The van der Waals surface area contributed by atoms with Crippen LogP contribution in [0.1, 0.15) is 53.9 Å². The summed E-state index contributed by atoms with van der Waals surface area (Å²) < 4.78 is 13.0. The Balaban J connectivity index is 1.44. The van der Waals surface area contributed by atoms with E-state index >= 15 is 0 Å². The van der Waals surface area contributed by atoms with Crippen molar-refractivity contribution in [2.75, 3.05) is 5.32 Å². The third-order valence-corrected chi connectivity index (χ3v) is 5.87. The van der Waals surface area contributed by atoms with Crippen LogP contribution in [0.25, 0.3) is 11.3 Å². The molecule has 1 aliphatic carbocycles. The summed E-state index contributed by atoms with van der Waals surface area (Å²) >= 11 is 1.39. The molecular weight excluding hydrogens is 359 g/mol. The molecule has 3 aromatic rings. The molecule has 1 amide bonds. The van der Waals surface area contributed by atoms with Gasteiger partial charge in [-0.1, -0.05) is 43.5 Å². The minimum Gasteiger partial charge on any atom is -0.298 e. The van der Waals surface area contributed by atoms with Gasteiger partial charge in [0.2, 0.25) is 0 Å². The molecule has 3 nitrogen and oxygen atoms in total. The van der Waals surface area contributed by atoms with Crippen LogP contribution in [-0.4, -0.2) is 10.9 Å². The van der Waals surface area contributed by atoms with Gasteiger partial charge in [-0.2, -0.15) is 0 Å². The summed E-state index contributed by atoms with van der Waals surface area (Å²) in [5.41, 5.74) is 3.72. The second kappa shape index (κ2) is 8.01. The first-order chi connectivity index (χ1) is 13.2. The molecule has 0 spiro atoms. The maximum atomic E-state index is 13.0. The molecule has 0 atom stereocenters. The summed E-state index contributed by atoms with van der Waals surface area (Å²) in [4.78, 5) is 16.7. The Morgan fingerprint density at radius 3 is 2.41 bits per heavy atom. The van der Waals surface area contributed by atoms with E-state index in [0.29, 0.717) is 16.6 Å². The molecule has 1 aliphatic rings. The van der Waals surface area contributed by atoms with Crippen LogP contribution in [0.5, 0.6) is 0 Å². The molecule has 0 unspecified atom stereocenters. The number of aromatic nitrogens is 1. The van der Waals surface area contributed by atoms with Crippen molar-refractivity contribution in [3.63, 3.8) is 0 Å². The first kappa shape index (κ1) is 17.9. The Morgan fingerprint density at radius 2 is 1.70 bits per heavy atom. The van der Waals surface area contributed by atoms with Crippen LogP contribution in [0.4, 0.5) is 9.52 Å². The highest BCUT2D eigenvalue weighted by atomic mass is 32.1. The van der Waals surface area contributed by atoms with Crippen LogP contribution >= 0.6 is 11.3 Å². The van der Waals surface area contributed by atoms with Gasteiger partial charge in [-0.15, -0.1) is 11.3 Å². The van der Waals surface area contributed by atoms with E-state index in [1.807, 2.05) is 5.38 Å². The normalized spacial score (nSPS) is 14.9. The predicted octanol–water partition coefficient (Wildman–Crippen LogP) is 6.25. The van der Waals surface area contributed by atoms with E-state index in [2.05, 4.69) is 34.6 Å². The van der Waals surface area contributed by atoms with E-state index < -0.39 is 0 Å². The maximum Gasteiger partial charge on any atom is 0.257 e. The van der Waals surface area contributed by atoms with Crippen LogP contribution in [0.2, 0.25) is 0 Å². The Hall–Kier alpha value is -2.53. The lowest BCUT2D eigenvalue weighted by Gasteiger charge is -2.22. The van der Waals surface area contributed by atoms with E-state index in [0.717, 1.165) is 11.3 Å². The van der Waals surface area contributed by atoms with E-state index in [-0.39, 0.29) is 11.7 Å². The molecule has 2 aromatic carbocycles. The van der Waals surface area contributed by atoms with Crippen LogP contribution in [-0.2, 0) is 0 Å². The van der Waals surface area contributed by atoms with Crippen molar-refractivity contribution in [3.05, 3.63) is 70.9 Å². The highest BCUT2D eigenvalue weighted by Gasteiger charge is 2.16.